The van der Waals surface area contributed by atoms with Gasteiger partial charge in [0, 0.05) is 10.4 Å². The molecule has 0 aliphatic rings. The number of hydrogen-bond acceptors (Lipinski definition) is 3. The molecule has 0 radical (unpaired) electrons. The van der Waals surface area contributed by atoms with Crippen LogP contribution in [0.25, 0.3) is 0 Å². The van der Waals surface area contributed by atoms with Crippen molar-refractivity contribution in [3.8, 4) is 0 Å². The molecule has 2 N–H and O–H groups in total. The number of nitrogens with two attached hydrogens (primary N) is 1. The molecule has 1 atom stereocenters. The molecule has 0 aliphatic carbocycles. The maximum absolute atomic E-state index is 12.9. The predicted molar refractivity (Wildman–Crippen MR) is 66.7 cm³/mol. The highest BCUT2D eigenvalue weighted by atomic mass is 32.1. The fourth-order valence-corrected chi connectivity index (χ4v) is 2.39. The van der Waals surface area contributed by atoms with E-state index in [-0.39, 0.29) is 11.6 Å². The second kappa shape index (κ2) is 4.77. The van der Waals surface area contributed by atoms with Gasteiger partial charge in [0.25, 0.3) is 0 Å². The molecule has 2 rings (SSSR count). The quantitative estimate of drug-likeness (QED) is 0.849. The minimum atomic E-state index is -0.667. The zero-order valence-electron chi connectivity index (χ0n) is 9.31. The van der Waals surface area contributed by atoms with Crippen LogP contribution in [0.1, 0.15) is 26.8 Å². The first-order valence-electron chi connectivity index (χ1n) is 5.19. The molecule has 1 aromatic heterocycles. The molecule has 4 heteroatoms. The van der Waals surface area contributed by atoms with Gasteiger partial charge in [0.15, 0.2) is 5.78 Å². The lowest BCUT2D eigenvalue weighted by molar-refractivity contribution is 0.0962. The maximum Gasteiger partial charge on any atom is 0.185 e. The Balaban J connectivity index is 2.31. The van der Waals surface area contributed by atoms with E-state index in [0.717, 1.165) is 4.88 Å². The Morgan fingerprint density at radius 3 is 2.76 bits per heavy atom. The predicted octanol–water partition coefficient (Wildman–Crippen LogP) is 3.08. The van der Waals surface area contributed by atoms with E-state index in [4.69, 9.17) is 5.73 Å². The van der Waals surface area contributed by atoms with Crippen LogP contribution < -0.4 is 5.73 Å². The van der Waals surface area contributed by atoms with Crippen LogP contribution in [0.5, 0.6) is 0 Å². The van der Waals surface area contributed by atoms with E-state index < -0.39 is 6.04 Å². The fraction of sp³-hybridized carbons (Fsp3) is 0.154. The topological polar surface area (TPSA) is 43.1 Å². The summed E-state index contributed by atoms with van der Waals surface area (Å²) in [6, 6.07) is 7.12. The van der Waals surface area contributed by atoms with Crippen molar-refractivity contribution in [2.45, 2.75) is 13.0 Å². The molecule has 88 valence electrons. The molecule has 0 aliphatic heterocycles. The van der Waals surface area contributed by atoms with Gasteiger partial charge < -0.3 is 5.73 Å². The van der Waals surface area contributed by atoms with Crippen LogP contribution in [-0.4, -0.2) is 5.78 Å². The number of hydrogen-bond donors (Lipinski definition) is 1. The number of thiophene rings is 1. The summed E-state index contributed by atoms with van der Waals surface area (Å²) in [5.74, 6) is -0.520. The summed E-state index contributed by atoms with van der Waals surface area (Å²) < 4.78 is 12.9. The highest BCUT2D eigenvalue weighted by Crippen LogP contribution is 2.22. The van der Waals surface area contributed by atoms with Gasteiger partial charge in [-0.2, -0.15) is 0 Å². The Bertz CT molecular complexity index is 536. The van der Waals surface area contributed by atoms with E-state index in [1.54, 1.807) is 6.92 Å². The van der Waals surface area contributed by atoms with Crippen LogP contribution >= 0.6 is 11.3 Å². The number of Topliss-reactive ketones (excluding diaryl/α,β-unsaturated/α-hetero) is 1. The average molecular weight is 249 g/mol. The molecular weight excluding hydrogens is 237 g/mol. The van der Waals surface area contributed by atoms with Gasteiger partial charge in [-0.1, -0.05) is 6.07 Å². The second-order valence-corrected chi connectivity index (χ2v) is 4.80. The van der Waals surface area contributed by atoms with Crippen LogP contribution in [0.15, 0.2) is 35.7 Å². The number of ketones is 1. The van der Waals surface area contributed by atoms with Crippen molar-refractivity contribution in [2.75, 3.05) is 0 Å². The van der Waals surface area contributed by atoms with Crippen molar-refractivity contribution in [2.24, 2.45) is 5.73 Å². The molecule has 0 amide bonds. The lowest BCUT2D eigenvalue weighted by Crippen LogP contribution is -2.21. The normalized spacial score (nSPS) is 12.4. The Morgan fingerprint density at radius 1 is 1.41 bits per heavy atom. The molecule has 1 aromatic carbocycles. The Labute approximate surface area is 103 Å². The van der Waals surface area contributed by atoms with Gasteiger partial charge >= 0.3 is 0 Å². The molecule has 0 fully saturated rings. The van der Waals surface area contributed by atoms with Gasteiger partial charge in [-0.25, -0.2) is 4.39 Å². The van der Waals surface area contributed by atoms with Gasteiger partial charge in [-0.05, 0) is 42.1 Å². The molecule has 0 bridgehead atoms. The van der Waals surface area contributed by atoms with Gasteiger partial charge in [0.2, 0.25) is 0 Å². The van der Waals surface area contributed by atoms with E-state index in [9.17, 15) is 9.18 Å². The monoisotopic (exact) mass is 249 g/mol. The molecule has 1 heterocycles. The van der Waals surface area contributed by atoms with Crippen molar-refractivity contribution in [1.82, 2.24) is 0 Å². The Morgan fingerprint density at radius 2 is 2.18 bits per heavy atom. The molecule has 2 aromatic rings. The third-order valence-corrected chi connectivity index (χ3v) is 3.54. The summed E-state index contributed by atoms with van der Waals surface area (Å²) in [6.45, 7) is 1.71. The van der Waals surface area contributed by atoms with Gasteiger partial charge in [0.05, 0.1) is 0 Å². The Hall–Kier alpha value is -1.52. The summed E-state index contributed by atoms with van der Waals surface area (Å²) in [4.78, 5) is 13.0. The molecule has 0 saturated heterocycles. The molecule has 17 heavy (non-hydrogen) atoms. The molecule has 0 spiro atoms. The van der Waals surface area contributed by atoms with Crippen molar-refractivity contribution < 1.29 is 9.18 Å². The van der Waals surface area contributed by atoms with Crippen molar-refractivity contribution >= 4 is 17.1 Å². The molecule has 2 nitrogen and oxygen atoms in total. The summed E-state index contributed by atoms with van der Waals surface area (Å²) in [6.07, 6.45) is 0. The van der Waals surface area contributed by atoms with Crippen molar-refractivity contribution in [3.05, 3.63) is 57.5 Å². The SMILES string of the molecule is Cc1cc(F)ccc1C(=O)C(N)c1cccs1. The highest BCUT2D eigenvalue weighted by Gasteiger charge is 2.20. The first-order chi connectivity index (χ1) is 8.09. The minimum absolute atomic E-state index is 0.176. The van der Waals surface area contributed by atoms with E-state index >= 15 is 0 Å². The summed E-state index contributed by atoms with van der Waals surface area (Å²) >= 11 is 1.44. The molecule has 0 saturated carbocycles. The third kappa shape index (κ3) is 2.43. The van der Waals surface area contributed by atoms with Gasteiger partial charge in [0.1, 0.15) is 11.9 Å². The molecule has 1 unspecified atom stereocenters. The van der Waals surface area contributed by atoms with Crippen LogP contribution in [0.4, 0.5) is 4.39 Å². The zero-order chi connectivity index (χ0) is 12.4. The van der Waals surface area contributed by atoms with E-state index in [1.165, 1.54) is 29.5 Å². The average Bonchev–Trinajstić information content (AvgIpc) is 2.80. The van der Waals surface area contributed by atoms with Gasteiger partial charge in [-0.3, -0.25) is 4.79 Å². The number of rotatable bonds is 3. The smallest absolute Gasteiger partial charge is 0.185 e. The lowest BCUT2D eigenvalue weighted by atomic mass is 9.99. The largest absolute Gasteiger partial charge is 0.317 e. The van der Waals surface area contributed by atoms with E-state index in [1.807, 2.05) is 17.5 Å². The van der Waals surface area contributed by atoms with Crippen molar-refractivity contribution in [3.63, 3.8) is 0 Å². The molecular formula is C13H12FNOS. The fourth-order valence-electron chi connectivity index (χ4n) is 1.67. The van der Waals surface area contributed by atoms with Crippen LogP contribution in [0.3, 0.4) is 0 Å². The standard InChI is InChI=1S/C13H12FNOS/c1-8-7-9(14)4-5-10(8)13(16)12(15)11-3-2-6-17-11/h2-7,12H,15H2,1H3. The second-order valence-electron chi connectivity index (χ2n) is 3.82. The maximum atomic E-state index is 12.9. The van der Waals surface area contributed by atoms with Gasteiger partial charge in [-0.15, -0.1) is 11.3 Å². The van der Waals surface area contributed by atoms with Crippen LogP contribution in [0, 0.1) is 12.7 Å². The highest BCUT2D eigenvalue weighted by molar-refractivity contribution is 7.10. The Kier molecular flexibility index (Phi) is 3.36. The number of halogens is 1. The minimum Gasteiger partial charge on any atom is -0.317 e. The van der Waals surface area contributed by atoms with Crippen LogP contribution in [-0.2, 0) is 0 Å². The van der Waals surface area contributed by atoms with Crippen LogP contribution in [0.2, 0.25) is 0 Å². The number of carbonyl (C=O) groups excluding carboxylic acids is 1. The zero-order valence-corrected chi connectivity index (χ0v) is 10.1. The number of carbonyl (C=O) groups is 1. The third-order valence-electron chi connectivity index (χ3n) is 2.59. The van der Waals surface area contributed by atoms with E-state index in [2.05, 4.69) is 0 Å². The first-order valence-corrected chi connectivity index (χ1v) is 6.07. The van der Waals surface area contributed by atoms with Crippen molar-refractivity contribution in [1.29, 1.82) is 0 Å². The summed E-state index contributed by atoms with van der Waals surface area (Å²) in [5, 5.41) is 1.87. The summed E-state index contributed by atoms with van der Waals surface area (Å²) in [5.41, 5.74) is 6.98. The number of aryl methyl sites for hydroxylation is 1. The first kappa shape index (κ1) is 12.0. The summed E-state index contributed by atoms with van der Waals surface area (Å²) in [7, 11) is 0. The lowest BCUT2D eigenvalue weighted by Gasteiger charge is -2.10. The number of benzene rings is 1. The van der Waals surface area contributed by atoms with E-state index in [0.29, 0.717) is 11.1 Å².